The fourth-order valence-electron chi connectivity index (χ4n) is 0.626. The van der Waals surface area contributed by atoms with E-state index in [1.165, 1.54) is 7.11 Å². The monoisotopic (exact) mass is 190 g/mol. The highest BCUT2D eigenvalue weighted by Gasteiger charge is 2.19. The van der Waals surface area contributed by atoms with Gasteiger partial charge in [-0.2, -0.15) is 0 Å². The lowest BCUT2D eigenvalue weighted by Gasteiger charge is -2.02. The van der Waals surface area contributed by atoms with E-state index >= 15 is 0 Å². The van der Waals surface area contributed by atoms with Crippen LogP contribution in [0.25, 0.3) is 0 Å². The molecule has 0 N–H and O–H groups in total. The first kappa shape index (κ1) is 11.6. The standard InChI is InChI=1S/C8H11FO4/c1-3-13-8(11)6(5-12-2)7(10)4-9/h5H,3-4H2,1-2H3. The Morgan fingerprint density at radius 2 is 2.08 bits per heavy atom. The number of ether oxygens (including phenoxy) is 2. The first-order chi connectivity index (χ1) is 6.17. The lowest BCUT2D eigenvalue weighted by Crippen LogP contribution is -2.17. The Labute approximate surface area is 75.3 Å². The minimum atomic E-state index is -1.24. The van der Waals surface area contributed by atoms with E-state index in [1.54, 1.807) is 6.92 Å². The number of ketones is 1. The van der Waals surface area contributed by atoms with Crippen LogP contribution < -0.4 is 0 Å². The Kier molecular flexibility index (Phi) is 5.50. The van der Waals surface area contributed by atoms with Gasteiger partial charge < -0.3 is 9.47 Å². The molecule has 0 heterocycles. The first-order valence-electron chi connectivity index (χ1n) is 3.66. The summed E-state index contributed by atoms with van der Waals surface area (Å²) in [5, 5.41) is 0. The smallest absolute Gasteiger partial charge is 0.345 e. The maximum atomic E-state index is 11.9. The Morgan fingerprint density at radius 1 is 1.46 bits per heavy atom. The number of halogens is 1. The molecule has 0 aliphatic carbocycles. The van der Waals surface area contributed by atoms with Crippen LogP contribution in [-0.2, 0) is 19.1 Å². The predicted molar refractivity (Wildman–Crippen MR) is 42.7 cm³/mol. The molecule has 13 heavy (non-hydrogen) atoms. The average molecular weight is 190 g/mol. The van der Waals surface area contributed by atoms with Gasteiger partial charge in [0.25, 0.3) is 0 Å². The lowest BCUT2D eigenvalue weighted by molar-refractivity contribution is -0.140. The maximum absolute atomic E-state index is 11.9. The summed E-state index contributed by atoms with van der Waals surface area (Å²) in [4.78, 5) is 21.8. The summed E-state index contributed by atoms with van der Waals surface area (Å²) in [6.45, 7) is 0.468. The van der Waals surface area contributed by atoms with Crippen LogP contribution in [0.1, 0.15) is 6.92 Å². The molecule has 0 aromatic rings. The van der Waals surface area contributed by atoms with Gasteiger partial charge in [-0.1, -0.05) is 0 Å². The highest BCUT2D eigenvalue weighted by atomic mass is 19.1. The summed E-state index contributed by atoms with van der Waals surface area (Å²) in [5.74, 6) is -1.81. The molecule has 0 spiro atoms. The van der Waals surface area contributed by atoms with Crippen LogP contribution in [0.2, 0.25) is 0 Å². The topological polar surface area (TPSA) is 52.6 Å². The van der Waals surface area contributed by atoms with Crippen molar-refractivity contribution in [1.29, 1.82) is 0 Å². The Hall–Kier alpha value is -1.39. The van der Waals surface area contributed by atoms with Crippen molar-refractivity contribution in [1.82, 2.24) is 0 Å². The molecule has 0 fully saturated rings. The summed E-state index contributed by atoms with van der Waals surface area (Å²) in [7, 11) is 1.25. The van der Waals surface area contributed by atoms with E-state index in [9.17, 15) is 14.0 Å². The molecule has 0 bridgehead atoms. The van der Waals surface area contributed by atoms with Crippen molar-refractivity contribution < 1.29 is 23.5 Å². The first-order valence-corrected chi connectivity index (χ1v) is 3.66. The fraction of sp³-hybridized carbons (Fsp3) is 0.500. The van der Waals surface area contributed by atoms with Crippen molar-refractivity contribution in [2.24, 2.45) is 0 Å². The minimum Gasteiger partial charge on any atom is -0.503 e. The lowest BCUT2D eigenvalue weighted by atomic mass is 10.2. The van der Waals surface area contributed by atoms with E-state index < -0.39 is 24.0 Å². The van der Waals surface area contributed by atoms with Gasteiger partial charge in [0.2, 0.25) is 5.78 Å². The second-order valence-electron chi connectivity index (χ2n) is 2.04. The number of carbonyl (C=O) groups excluding carboxylic acids is 2. The zero-order valence-electron chi connectivity index (χ0n) is 7.50. The fourth-order valence-corrected chi connectivity index (χ4v) is 0.626. The molecule has 0 saturated heterocycles. The van der Waals surface area contributed by atoms with Crippen LogP contribution in [-0.4, -0.2) is 32.1 Å². The number of methoxy groups -OCH3 is 1. The van der Waals surface area contributed by atoms with Crippen LogP contribution in [0.3, 0.4) is 0 Å². The predicted octanol–water partition coefficient (Wildman–Crippen LogP) is 0.618. The molecule has 0 aromatic carbocycles. The van der Waals surface area contributed by atoms with Crippen molar-refractivity contribution in [3.63, 3.8) is 0 Å². The van der Waals surface area contributed by atoms with Gasteiger partial charge in [0, 0.05) is 0 Å². The van der Waals surface area contributed by atoms with Gasteiger partial charge >= 0.3 is 5.97 Å². The van der Waals surface area contributed by atoms with Crippen molar-refractivity contribution >= 4 is 11.8 Å². The van der Waals surface area contributed by atoms with Gasteiger partial charge in [-0.15, -0.1) is 0 Å². The van der Waals surface area contributed by atoms with Crippen LogP contribution in [0.5, 0.6) is 0 Å². The third-order valence-corrected chi connectivity index (χ3v) is 1.15. The minimum absolute atomic E-state index is 0.124. The third kappa shape index (κ3) is 3.68. The number of hydrogen-bond acceptors (Lipinski definition) is 4. The van der Waals surface area contributed by atoms with E-state index in [-0.39, 0.29) is 6.61 Å². The molecule has 0 rings (SSSR count). The Balaban J connectivity index is 4.52. The summed E-state index contributed by atoms with van der Waals surface area (Å²) >= 11 is 0. The summed E-state index contributed by atoms with van der Waals surface area (Å²) < 4.78 is 20.9. The number of hydrogen-bond donors (Lipinski definition) is 0. The Bertz CT molecular complexity index is 222. The average Bonchev–Trinajstić information content (AvgIpc) is 2.13. The molecule has 5 heteroatoms. The molecule has 0 amide bonds. The van der Waals surface area contributed by atoms with Gasteiger partial charge in [-0.25, -0.2) is 9.18 Å². The van der Waals surface area contributed by atoms with Gasteiger partial charge in [0.05, 0.1) is 13.7 Å². The number of rotatable bonds is 5. The highest BCUT2D eigenvalue weighted by molar-refractivity contribution is 6.17. The number of carbonyl (C=O) groups is 2. The number of alkyl halides is 1. The van der Waals surface area contributed by atoms with Gasteiger partial charge in [0.15, 0.2) is 6.67 Å². The van der Waals surface area contributed by atoms with Crippen molar-refractivity contribution in [3.8, 4) is 0 Å². The van der Waals surface area contributed by atoms with E-state index in [4.69, 9.17) is 0 Å². The molecule has 74 valence electrons. The van der Waals surface area contributed by atoms with E-state index in [1.807, 2.05) is 0 Å². The largest absolute Gasteiger partial charge is 0.503 e. The second kappa shape index (κ2) is 6.16. The molecule has 0 atom stereocenters. The summed E-state index contributed by atoms with van der Waals surface area (Å²) in [6, 6.07) is 0. The van der Waals surface area contributed by atoms with Gasteiger partial charge in [-0.05, 0) is 6.92 Å². The zero-order valence-corrected chi connectivity index (χ0v) is 7.50. The van der Waals surface area contributed by atoms with Gasteiger partial charge in [-0.3, -0.25) is 4.79 Å². The van der Waals surface area contributed by atoms with Crippen LogP contribution >= 0.6 is 0 Å². The molecular weight excluding hydrogens is 179 g/mol. The van der Waals surface area contributed by atoms with Crippen LogP contribution in [0, 0.1) is 0 Å². The maximum Gasteiger partial charge on any atom is 0.345 e. The molecule has 0 saturated carbocycles. The van der Waals surface area contributed by atoms with Gasteiger partial charge in [0.1, 0.15) is 11.8 Å². The van der Waals surface area contributed by atoms with Crippen LogP contribution in [0.15, 0.2) is 11.8 Å². The molecule has 4 nitrogen and oxygen atoms in total. The second-order valence-corrected chi connectivity index (χ2v) is 2.04. The van der Waals surface area contributed by atoms with Crippen molar-refractivity contribution in [2.75, 3.05) is 20.4 Å². The number of esters is 1. The molecule has 0 aliphatic rings. The van der Waals surface area contributed by atoms with E-state index in [0.717, 1.165) is 6.26 Å². The SMILES string of the molecule is CCOC(=O)C(=COC)C(=O)CF. The molecule has 0 unspecified atom stereocenters. The summed E-state index contributed by atoms with van der Waals surface area (Å²) in [6.07, 6.45) is 0.875. The zero-order chi connectivity index (χ0) is 10.3. The van der Waals surface area contributed by atoms with E-state index in [0.29, 0.717) is 0 Å². The van der Waals surface area contributed by atoms with E-state index in [2.05, 4.69) is 9.47 Å². The molecule has 0 aromatic heterocycles. The molecular formula is C8H11FO4. The van der Waals surface area contributed by atoms with Crippen molar-refractivity contribution in [2.45, 2.75) is 6.92 Å². The van der Waals surface area contributed by atoms with Crippen LogP contribution in [0.4, 0.5) is 4.39 Å². The highest BCUT2D eigenvalue weighted by Crippen LogP contribution is 2.01. The Morgan fingerprint density at radius 3 is 2.46 bits per heavy atom. The summed E-state index contributed by atoms with van der Waals surface area (Å²) in [5.41, 5.74) is -0.410. The third-order valence-electron chi connectivity index (χ3n) is 1.15. The normalized spacial score (nSPS) is 10.8. The van der Waals surface area contributed by atoms with Crippen molar-refractivity contribution in [3.05, 3.63) is 11.8 Å². The quantitative estimate of drug-likeness (QED) is 0.209. The molecule has 0 radical (unpaired) electrons. The number of Topliss-reactive ketones (excluding diaryl/α,β-unsaturated/α-hetero) is 1. The molecule has 0 aliphatic heterocycles.